The topological polar surface area (TPSA) is 39.1 Å². The molecule has 3 heteroatoms. The molecule has 1 heterocycles. The van der Waals surface area contributed by atoms with Gasteiger partial charge in [0.05, 0.1) is 5.69 Å². The third-order valence-electron chi connectivity index (χ3n) is 3.93. The Morgan fingerprint density at radius 2 is 1.81 bits per heavy atom. The first-order valence-electron chi connectivity index (χ1n) is 7.73. The molecule has 0 unspecified atom stereocenters. The van der Waals surface area contributed by atoms with Crippen molar-refractivity contribution in [2.75, 3.05) is 0 Å². The van der Waals surface area contributed by atoms with Gasteiger partial charge in [0.25, 0.3) is 0 Å². The largest absolute Gasteiger partial charge is 0.341 e. The molecule has 0 spiro atoms. The molecule has 2 rings (SSSR count). The van der Waals surface area contributed by atoms with Crippen LogP contribution in [0.1, 0.15) is 55.9 Å². The second-order valence-electron chi connectivity index (χ2n) is 5.57. The molecule has 0 atom stereocenters. The molecular formula is C18H23NO2. The van der Waals surface area contributed by atoms with Gasteiger partial charge in [-0.1, -0.05) is 38.0 Å². The van der Waals surface area contributed by atoms with Crippen LogP contribution in [0, 0.1) is 0 Å². The van der Waals surface area contributed by atoms with Crippen LogP contribution < -0.4 is 0 Å². The van der Waals surface area contributed by atoms with Crippen LogP contribution in [0.25, 0.3) is 10.9 Å². The van der Waals surface area contributed by atoms with E-state index in [0.717, 1.165) is 30.2 Å². The number of rotatable bonds is 8. The molecule has 0 aliphatic rings. The molecule has 0 aliphatic heterocycles. The Labute approximate surface area is 126 Å². The van der Waals surface area contributed by atoms with Crippen LogP contribution in [0.15, 0.2) is 30.3 Å². The Morgan fingerprint density at radius 1 is 1.05 bits per heavy atom. The van der Waals surface area contributed by atoms with Gasteiger partial charge in [0, 0.05) is 37.2 Å². The second-order valence-corrected chi connectivity index (χ2v) is 5.57. The van der Waals surface area contributed by atoms with Crippen molar-refractivity contribution >= 4 is 22.5 Å². The molecule has 0 aliphatic carbocycles. The van der Waals surface area contributed by atoms with Crippen molar-refractivity contribution in [1.29, 1.82) is 0 Å². The highest BCUT2D eigenvalue weighted by Gasteiger charge is 2.14. The van der Waals surface area contributed by atoms with Crippen LogP contribution in [-0.4, -0.2) is 16.1 Å². The zero-order valence-corrected chi connectivity index (χ0v) is 12.9. The van der Waals surface area contributed by atoms with Gasteiger partial charge in [-0.3, -0.25) is 9.59 Å². The van der Waals surface area contributed by atoms with E-state index in [1.54, 1.807) is 0 Å². The molecule has 0 bridgehead atoms. The minimum absolute atomic E-state index is 0.0533. The minimum atomic E-state index is 0.0533. The lowest BCUT2D eigenvalue weighted by molar-refractivity contribution is -0.119. The van der Waals surface area contributed by atoms with E-state index in [0.29, 0.717) is 25.0 Å². The van der Waals surface area contributed by atoms with E-state index in [1.807, 2.05) is 41.9 Å². The van der Waals surface area contributed by atoms with Crippen LogP contribution in [0.4, 0.5) is 0 Å². The average Bonchev–Trinajstić information content (AvgIpc) is 2.83. The van der Waals surface area contributed by atoms with Gasteiger partial charge in [0.15, 0.2) is 5.78 Å². The number of hydrogen-bond donors (Lipinski definition) is 0. The molecule has 0 saturated carbocycles. The van der Waals surface area contributed by atoms with Gasteiger partial charge in [0.1, 0.15) is 5.78 Å². The predicted octanol–water partition coefficient (Wildman–Crippen LogP) is 4.29. The van der Waals surface area contributed by atoms with Gasteiger partial charge >= 0.3 is 0 Å². The SMILES string of the molecule is CCCCCC(=O)CCC(=O)c1cc2ccccc2n1C. The van der Waals surface area contributed by atoms with Crippen molar-refractivity contribution in [2.24, 2.45) is 7.05 Å². The van der Waals surface area contributed by atoms with E-state index >= 15 is 0 Å². The van der Waals surface area contributed by atoms with Crippen LogP contribution in [-0.2, 0) is 11.8 Å². The number of aryl methyl sites for hydroxylation is 1. The summed E-state index contributed by atoms with van der Waals surface area (Å²) in [6, 6.07) is 9.85. The molecular weight excluding hydrogens is 262 g/mol. The van der Waals surface area contributed by atoms with Gasteiger partial charge in [-0.15, -0.1) is 0 Å². The lowest BCUT2D eigenvalue weighted by Crippen LogP contribution is -2.08. The van der Waals surface area contributed by atoms with Crippen molar-refractivity contribution < 1.29 is 9.59 Å². The summed E-state index contributed by atoms with van der Waals surface area (Å²) in [6.07, 6.45) is 4.43. The van der Waals surface area contributed by atoms with Gasteiger partial charge in [-0.2, -0.15) is 0 Å². The Bertz CT molecular complexity index is 640. The molecule has 112 valence electrons. The second kappa shape index (κ2) is 7.21. The number of carbonyl (C=O) groups excluding carboxylic acids is 2. The first-order chi connectivity index (χ1) is 10.1. The minimum Gasteiger partial charge on any atom is -0.341 e. The highest BCUT2D eigenvalue weighted by molar-refractivity contribution is 6.01. The summed E-state index contributed by atoms with van der Waals surface area (Å²) in [5.74, 6) is 0.258. The number of para-hydroxylation sites is 1. The van der Waals surface area contributed by atoms with Crippen LogP contribution in [0.3, 0.4) is 0 Å². The Morgan fingerprint density at radius 3 is 2.52 bits per heavy atom. The number of carbonyl (C=O) groups is 2. The number of fused-ring (bicyclic) bond motifs is 1. The van der Waals surface area contributed by atoms with Crippen LogP contribution in [0.2, 0.25) is 0 Å². The maximum Gasteiger partial charge on any atom is 0.179 e. The quantitative estimate of drug-likeness (QED) is 0.536. The molecule has 2 aromatic rings. The fourth-order valence-corrected chi connectivity index (χ4v) is 2.63. The number of nitrogens with zero attached hydrogens (tertiary/aromatic N) is 1. The number of hydrogen-bond acceptors (Lipinski definition) is 2. The molecule has 1 aromatic carbocycles. The van der Waals surface area contributed by atoms with Crippen molar-refractivity contribution in [3.8, 4) is 0 Å². The molecule has 3 nitrogen and oxygen atoms in total. The fourth-order valence-electron chi connectivity index (χ4n) is 2.63. The highest BCUT2D eigenvalue weighted by atomic mass is 16.1. The number of unbranched alkanes of at least 4 members (excludes halogenated alkanes) is 2. The van der Waals surface area contributed by atoms with E-state index in [2.05, 4.69) is 6.92 Å². The number of benzene rings is 1. The van der Waals surface area contributed by atoms with Gasteiger partial charge in [-0.25, -0.2) is 0 Å². The van der Waals surface area contributed by atoms with Crippen molar-refractivity contribution in [2.45, 2.75) is 45.4 Å². The summed E-state index contributed by atoms with van der Waals surface area (Å²) < 4.78 is 1.92. The first kappa shape index (κ1) is 15.5. The van der Waals surface area contributed by atoms with Crippen LogP contribution in [0.5, 0.6) is 0 Å². The lowest BCUT2D eigenvalue weighted by atomic mass is 10.1. The maximum absolute atomic E-state index is 12.3. The maximum atomic E-state index is 12.3. The van der Waals surface area contributed by atoms with E-state index in [-0.39, 0.29) is 11.6 Å². The molecule has 0 fully saturated rings. The van der Waals surface area contributed by atoms with Gasteiger partial charge in [-0.05, 0) is 18.6 Å². The standard InChI is InChI=1S/C18H23NO2/c1-3-4-5-9-15(20)11-12-18(21)17-13-14-8-6-7-10-16(14)19(17)2/h6-8,10,13H,3-5,9,11-12H2,1-2H3. The summed E-state index contributed by atoms with van der Waals surface area (Å²) in [5.41, 5.74) is 1.74. The van der Waals surface area contributed by atoms with E-state index in [1.165, 1.54) is 0 Å². The zero-order chi connectivity index (χ0) is 15.2. The zero-order valence-electron chi connectivity index (χ0n) is 12.9. The molecule has 1 aromatic heterocycles. The summed E-state index contributed by atoms with van der Waals surface area (Å²) >= 11 is 0. The number of Topliss-reactive ketones (excluding diaryl/α,β-unsaturated/α-hetero) is 2. The van der Waals surface area contributed by atoms with Crippen LogP contribution >= 0.6 is 0 Å². The Kier molecular flexibility index (Phi) is 5.32. The number of aromatic nitrogens is 1. The Balaban J connectivity index is 1.96. The summed E-state index contributed by atoms with van der Waals surface area (Å²) in [4.78, 5) is 24.0. The van der Waals surface area contributed by atoms with Gasteiger partial charge < -0.3 is 4.57 Å². The third kappa shape index (κ3) is 3.81. The normalized spacial score (nSPS) is 11.0. The van der Waals surface area contributed by atoms with Crippen molar-refractivity contribution in [3.63, 3.8) is 0 Å². The Hall–Kier alpha value is -1.90. The summed E-state index contributed by atoms with van der Waals surface area (Å²) in [5, 5.41) is 1.07. The smallest absolute Gasteiger partial charge is 0.179 e. The summed E-state index contributed by atoms with van der Waals surface area (Å²) in [7, 11) is 1.90. The average molecular weight is 285 g/mol. The summed E-state index contributed by atoms with van der Waals surface area (Å²) in [6.45, 7) is 2.12. The van der Waals surface area contributed by atoms with Crippen molar-refractivity contribution in [3.05, 3.63) is 36.0 Å². The predicted molar refractivity (Wildman–Crippen MR) is 85.6 cm³/mol. The lowest BCUT2D eigenvalue weighted by Gasteiger charge is -2.03. The van der Waals surface area contributed by atoms with E-state index in [9.17, 15) is 9.59 Å². The third-order valence-corrected chi connectivity index (χ3v) is 3.93. The molecule has 0 radical (unpaired) electrons. The van der Waals surface area contributed by atoms with Crippen molar-refractivity contribution in [1.82, 2.24) is 4.57 Å². The molecule has 0 amide bonds. The highest BCUT2D eigenvalue weighted by Crippen LogP contribution is 2.20. The number of ketones is 2. The molecule has 21 heavy (non-hydrogen) atoms. The monoisotopic (exact) mass is 285 g/mol. The van der Waals surface area contributed by atoms with E-state index in [4.69, 9.17) is 0 Å². The molecule has 0 saturated heterocycles. The first-order valence-corrected chi connectivity index (χ1v) is 7.73. The van der Waals surface area contributed by atoms with E-state index < -0.39 is 0 Å². The molecule has 0 N–H and O–H groups in total. The van der Waals surface area contributed by atoms with Gasteiger partial charge in [0.2, 0.25) is 0 Å². The fraction of sp³-hybridized carbons (Fsp3) is 0.444.